The first-order valence-electron chi connectivity index (χ1n) is 5.92. The summed E-state index contributed by atoms with van der Waals surface area (Å²) in [7, 11) is 0. The molecule has 1 aromatic rings. The van der Waals surface area contributed by atoms with Gasteiger partial charge in [-0.25, -0.2) is 0 Å². The highest BCUT2D eigenvalue weighted by atomic mass is 79.9. The van der Waals surface area contributed by atoms with Gasteiger partial charge in [-0.15, -0.1) is 0 Å². The Balaban J connectivity index is 1.98. The first-order chi connectivity index (χ1) is 9.16. The molecule has 100 valence electrons. The molecular weight excluding hydrogens is 314 g/mol. The van der Waals surface area contributed by atoms with E-state index in [0.717, 1.165) is 0 Å². The molecular formula is C13H12BrNO4. The topological polar surface area (TPSA) is 71.7 Å². The van der Waals surface area contributed by atoms with Crippen LogP contribution >= 0.6 is 15.9 Å². The normalized spacial score (nSPS) is 26.2. The summed E-state index contributed by atoms with van der Waals surface area (Å²) in [6, 6.07) is 5.68. The largest absolute Gasteiger partial charge is 0.454 e. The summed E-state index contributed by atoms with van der Waals surface area (Å²) in [4.78, 5) is 0. The standard InChI is InChI=1S/C13H12BrNO4/c14-9-3-8(4-10-11(9)19-7-18-10)12(16)13(5-15)1-2-17-6-13/h3-4,12,16H,1-2,6-7H2. The van der Waals surface area contributed by atoms with Crippen LogP contribution in [0.2, 0.25) is 0 Å². The third-order valence-electron chi connectivity index (χ3n) is 3.56. The highest BCUT2D eigenvalue weighted by Crippen LogP contribution is 2.46. The molecule has 1 saturated heterocycles. The maximum atomic E-state index is 10.5. The fraction of sp³-hybridized carbons (Fsp3) is 0.462. The lowest BCUT2D eigenvalue weighted by Crippen LogP contribution is -2.27. The number of nitrogens with zero attached hydrogens (tertiary/aromatic N) is 1. The van der Waals surface area contributed by atoms with Crippen molar-refractivity contribution < 1.29 is 19.3 Å². The van der Waals surface area contributed by atoms with Gasteiger partial charge in [-0.1, -0.05) is 0 Å². The molecule has 1 fully saturated rings. The quantitative estimate of drug-likeness (QED) is 0.901. The van der Waals surface area contributed by atoms with Crippen LogP contribution in [0.1, 0.15) is 18.1 Å². The molecule has 2 aliphatic heterocycles. The van der Waals surface area contributed by atoms with E-state index < -0.39 is 11.5 Å². The Kier molecular flexibility index (Phi) is 3.13. The summed E-state index contributed by atoms with van der Waals surface area (Å²) in [5, 5.41) is 19.9. The number of rotatable bonds is 2. The van der Waals surface area contributed by atoms with E-state index in [1.165, 1.54) is 0 Å². The van der Waals surface area contributed by atoms with Crippen LogP contribution in [0.4, 0.5) is 0 Å². The number of aliphatic hydroxyl groups is 1. The molecule has 0 spiro atoms. The molecule has 0 saturated carbocycles. The molecule has 6 heteroatoms. The highest BCUT2D eigenvalue weighted by Gasteiger charge is 2.43. The average Bonchev–Trinajstić information content (AvgIpc) is 3.07. The molecule has 2 unspecified atom stereocenters. The van der Waals surface area contributed by atoms with E-state index >= 15 is 0 Å². The lowest BCUT2D eigenvalue weighted by molar-refractivity contribution is 0.0502. The zero-order valence-electron chi connectivity index (χ0n) is 10.1. The van der Waals surface area contributed by atoms with Crippen molar-refractivity contribution in [3.05, 3.63) is 22.2 Å². The van der Waals surface area contributed by atoms with Crippen molar-refractivity contribution in [3.63, 3.8) is 0 Å². The lowest BCUT2D eigenvalue weighted by atomic mass is 9.79. The van der Waals surface area contributed by atoms with Gasteiger partial charge < -0.3 is 19.3 Å². The van der Waals surface area contributed by atoms with Gasteiger partial charge in [0.1, 0.15) is 11.5 Å². The Morgan fingerprint density at radius 3 is 2.95 bits per heavy atom. The summed E-state index contributed by atoms with van der Waals surface area (Å²) in [6.45, 7) is 0.910. The van der Waals surface area contributed by atoms with Crippen LogP contribution in [0.15, 0.2) is 16.6 Å². The number of hydrogen-bond donors (Lipinski definition) is 1. The Labute approximate surface area is 118 Å². The van der Waals surface area contributed by atoms with E-state index in [-0.39, 0.29) is 13.4 Å². The molecule has 1 N–H and O–H groups in total. The molecule has 19 heavy (non-hydrogen) atoms. The van der Waals surface area contributed by atoms with Crippen molar-refractivity contribution >= 4 is 15.9 Å². The molecule has 1 aromatic carbocycles. The molecule has 5 nitrogen and oxygen atoms in total. The Hall–Kier alpha value is -1.29. The second-order valence-electron chi connectivity index (χ2n) is 4.71. The Bertz CT molecular complexity index is 548. The Morgan fingerprint density at radius 1 is 1.42 bits per heavy atom. The van der Waals surface area contributed by atoms with Gasteiger partial charge in [-0.05, 0) is 40.0 Å². The second-order valence-corrected chi connectivity index (χ2v) is 5.56. The third kappa shape index (κ3) is 1.98. The van der Waals surface area contributed by atoms with Gasteiger partial charge in [0.25, 0.3) is 0 Å². The predicted molar refractivity (Wildman–Crippen MR) is 68.7 cm³/mol. The van der Waals surface area contributed by atoms with Gasteiger partial charge in [0, 0.05) is 6.61 Å². The zero-order valence-corrected chi connectivity index (χ0v) is 11.6. The van der Waals surface area contributed by atoms with Crippen LogP contribution in [0.5, 0.6) is 11.5 Å². The number of halogens is 1. The van der Waals surface area contributed by atoms with Crippen molar-refractivity contribution in [3.8, 4) is 17.6 Å². The minimum Gasteiger partial charge on any atom is -0.454 e. The second kappa shape index (κ2) is 4.67. The van der Waals surface area contributed by atoms with Crippen LogP contribution in [-0.4, -0.2) is 25.1 Å². The molecule has 0 bridgehead atoms. The van der Waals surface area contributed by atoms with Gasteiger partial charge in [0.2, 0.25) is 6.79 Å². The molecule has 3 rings (SSSR count). The van der Waals surface area contributed by atoms with Crippen molar-refractivity contribution in [2.24, 2.45) is 5.41 Å². The maximum absolute atomic E-state index is 10.5. The monoisotopic (exact) mass is 325 g/mol. The molecule has 0 aliphatic carbocycles. The highest BCUT2D eigenvalue weighted by molar-refractivity contribution is 9.10. The lowest BCUT2D eigenvalue weighted by Gasteiger charge is -2.26. The van der Waals surface area contributed by atoms with Crippen molar-refractivity contribution in [1.82, 2.24) is 0 Å². The Morgan fingerprint density at radius 2 is 2.26 bits per heavy atom. The molecule has 2 atom stereocenters. The van der Waals surface area contributed by atoms with Crippen molar-refractivity contribution in [1.29, 1.82) is 5.26 Å². The minimum atomic E-state index is -0.911. The summed E-state index contributed by atoms with van der Waals surface area (Å²) in [5.41, 5.74) is -0.254. The van der Waals surface area contributed by atoms with Gasteiger partial charge in [-0.3, -0.25) is 0 Å². The SMILES string of the molecule is N#CC1(C(O)c2cc(Br)c3c(c2)OCO3)CCOC1. The molecule has 0 aromatic heterocycles. The fourth-order valence-corrected chi connectivity index (χ4v) is 2.98. The van der Waals surface area contributed by atoms with Crippen molar-refractivity contribution in [2.45, 2.75) is 12.5 Å². The van der Waals surface area contributed by atoms with E-state index in [4.69, 9.17) is 14.2 Å². The van der Waals surface area contributed by atoms with E-state index in [0.29, 0.717) is 34.6 Å². The first kappa shape index (κ1) is 12.7. The van der Waals surface area contributed by atoms with Gasteiger partial charge in [0.15, 0.2) is 11.5 Å². The number of fused-ring (bicyclic) bond motifs is 1. The smallest absolute Gasteiger partial charge is 0.231 e. The van der Waals surface area contributed by atoms with Crippen LogP contribution < -0.4 is 9.47 Å². The van der Waals surface area contributed by atoms with Crippen LogP contribution in [0.25, 0.3) is 0 Å². The van der Waals surface area contributed by atoms with E-state index in [9.17, 15) is 10.4 Å². The zero-order chi connectivity index (χ0) is 13.5. The van der Waals surface area contributed by atoms with E-state index in [1.807, 2.05) is 0 Å². The van der Waals surface area contributed by atoms with E-state index in [1.54, 1.807) is 12.1 Å². The first-order valence-corrected chi connectivity index (χ1v) is 6.72. The summed E-state index contributed by atoms with van der Waals surface area (Å²) in [6.07, 6.45) is -0.387. The van der Waals surface area contributed by atoms with Crippen LogP contribution in [-0.2, 0) is 4.74 Å². The van der Waals surface area contributed by atoms with Crippen LogP contribution in [0.3, 0.4) is 0 Å². The third-order valence-corrected chi connectivity index (χ3v) is 4.15. The number of ether oxygens (including phenoxy) is 3. The molecule has 2 heterocycles. The minimum absolute atomic E-state index is 0.167. The van der Waals surface area contributed by atoms with Gasteiger partial charge in [-0.2, -0.15) is 5.26 Å². The number of benzene rings is 1. The molecule has 0 amide bonds. The molecule has 2 aliphatic rings. The fourth-order valence-electron chi connectivity index (χ4n) is 2.41. The summed E-state index contributed by atoms with van der Waals surface area (Å²) >= 11 is 3.38. The molecule has 0 radical (unpaired) electrons. The van der Waals surface area contributed by atoms with Gasteiger partial charge in [0.05, 0.1) is 17.1 Å². The number of hydrogen-bond acceptors (Lipinski definition) is 5. The maximum Gasteiger partial charge on any atom is 0.231 e. The number of aliphatic hydroxyl groups excluding tert-OH is 1. The van der Waals surface area contributed by atoms with Crippen LogP contribution in [0, 0.1) is 16.7 Å². The predicted octanol–water partition coefficient (Wildman–Crippen LogP) is 2.14. The average molecular weight is 326 g/mol. The summed E-state index contributed by atoms with van der Waals surface area (Å²) in [5.74, 6) is 1.21. The van der Waals surface area contributed by atoms with Gasteiger partial charge >= 0.3 is 0 Å². The number of nitriles is 1. The summed E-state index contributed by atoms with van der Waals surface area (Å²) < 4.78 is 16.6. The van der Waals surface area contributed by atoms with E-state index in [2.05, 4.69) is 22.0 Å². The van der Waals surface area contributed by atoms with Crippen molar-refractivity contribution in [2.75, 3.05) is 20.0 Å².